The lowest BCUT2D eigenvalue weighted by Crippen LogP contribution is -2.32. The van der Waals surface area contributed by atoms with Crippen molar-refractivity contribution in [2.24, 2.45) is 5.92 Å². The lowest BCUT2D eigenvalue weighted by molar-refractivity contribution is 0.0937. The van der Waals surface area contributed by atoms with Gasteiger partial charge in [-0.3, -0.25) is 4.79 Å². The van der Waals surface area contributed by atoms with Crippen LogP contribution in [0.2, 0.25) is 5.02 Å². The highest BCUT2D eigenvalue weighted by atomic mass is 35.5. The molecule has 2 N–H and O–H groups in total. The highest BCUT2D eigenvalue weighted by Gasteiger charge is 2.20. The van der Waals surface area contributed by atoms with Gasteiger partial charge in [-0.05, 0) is 54.5 Å². The number of nitrogens with zero attached hydrogens (tertiary/aromatic N) is 2. The van der Waals surface area contributed by atoms with E-state index in [9.17, 15) is 4.79 Å². The Morgan fingerprint density at radius 2 is 2.15 bits per heavy atom. The Morgan fingerprint density at radius 1 is 1.37 bits per heavy atom. The molecule has 0 aliphatic heterocycles. The number of benzene rings is 1. The zero-order valence-corrected chi connectivity index (χ0v) is 16.3. The van der Waals surface area contributed by atoms with Crippen molar-refractivity contribution in [1.82, 2.24) is 10.3 Å². The molecular weight excluding hydrogens is 360 g/mol. The molecule has 6 heteroatoms. The van der Waals surface area contributed by atoms with Crippen LogP contribution < -0.4 is 10.6 Å². The van der Waals surface area contributed by atoms with Gasteiger partial charge in [-0.1, -0.05) is 31.9 Å². The number of nitrogens with one attached hydrogen (secondary N) is 2. The highest BCUT2D eigenvalue weighted by molar-refractivity contribution is 6.33. The molecule has 3 rings (SSSR count). The van der Waals surface area contributed by atoms with Crippen LogP contribution in [-0.4, -0.2) is 17.4 Å². The van der Waals surface area contributed by atoms with Gasteiger partial charge >= 0.3 is 0 Å². The van der Waals surface area contributed by atoms with Gasteiger partial charge in [0.25, 0.3) is 5.91 Å². The van der Waals surface area contributed by atoms with E-state index >= 15 is 0 Å². The second-order valence-corrected chi connectivity index (χ2v) is 7.66. The van der Waals surface area contributed by atoms with Gasteiger partial charge in [-0.2, -0.15) is 5.26 Å². The molecule has 1 heterocycles. The Bertz CT molecular complexity index is 884. The summed E-state index contributed by atoms with van der Waals surface area (Å²) in [6, 6.07) is 8.99. The molecule has 27 heavy (non-hydrogen) atoms. The first kappa shape index (κ1) is 19.2. The van der Waals surface area contributed by atoms with Crippen molar-refractivity contribution in [2.45, 2.75) is 39.0 Å². The number of anilines is 2. The van der Waals surface area contributed by atoms with E-state index in [4.69, 9.17) is 16.9 Å². The number of rotatable bonds is 6. The van der Waals surface area contributed by atoms with Crippen LogP contribution in [0, 0.1) is 17.2 Å². The van der Waals surface area contributed by atoms with Gasteiger partial charge in [0.1, 0.15) is 5.82 Å². The molecule has 0 spiro atoms. The molecule has 1 aromatic carbocycles. The first-order chi connectivity index (χ1) is 13.0. The first-order valence-corrected chi connectivity index (χ1v) is 9.60. The summed E-state index contributed by atoms with van der Waals surface area (Å²) in [6.07, 6.45) is 5.27. The fraction of sp³-hybridized carbons (Fsp3) is 0.381. The smallest absolute Gasteiger partial charge is 0.253 e. The van der Waals surface area contributed by atoms with Gasteiger partial charge in [0.05, 0.1) is 27.9 Å². The maximum Gasteiger partial charge on any atom is 0.253 e. The standard InChI is InChI=1S/C21H23ClN4O/c1-13(2)16-9-20(26-19-7-6-15(10-23)8-18(19)22)24-12-17(16)21(27)25-11-14-4-3-5-14/h6-9,12-14H,3-5,11H2,1-2H3,(H,24,26)(H,25,27). The molecule has 1 aromatic heterocycles. The maximum atomic E-state index is 12.6. The number of hydrogen-bond donors (Lipinski definition) is 2. The second kappa shape index (κ2) is 8.41. The maximum absolute atomic E-state index is 12.6. The zero-order valence-electron chi connectivity index (χ0n) is 15.6. The summed E-state index contributed by atoms with van der Waals surface area (Å²) in [7, 11) is 0. The molecule has 0 atom stereocenters. The molecule has 140 valence electrons. The summed E-state index contributed by atoms with van der Waals surface area (Å²) in [5, 5.41) is 15.6. The minimum Gasteiger partial charge on any atom is -0.352 e. The Kier molecular flexibility index (Phi) is 5.98. The van der Waals surface area contributed by atoms with Gasteiger partial charge in [0.15, 0.2) is 0 Å². The summed E-state index contributed by atoms with van der Waals surface area (Å²) in [6.45, 7) is 4.84. The van der Waals surface area contributed by atoms with Gasteiger partial charge in [0.2, 0.25) is 0 Å². The number of pyridine rings is 1. The summed E-state index contributed by atoms with van der Waals surface area (Å²) in [5.41, 5.74) is 2.71. The number of nitriles is 1. The van der Waals surface area contributed by atoms with E-state index in [1.165, 1.54) is 19.3 Å². The van der Waals surface area contributed by atoms with E-state index in [1.807, 2.05) is 6.07 Å². The molecule has 1 fully saturated rings. The summed E-state index contributed by atoms with van der Waals surface area (Å²) in [5.74, 6) is 1.33. The highest BCUT2D eigenvalue weighted by Crippen LogP contribution is 2.29. The summed E-state index contributed by atoms with van der Waals surface area (Å²) < 4.78 is 0. The van der Waals surface area contributed by atoms with Gasteiger partial charge in [-0.15, -0.1) is 0 Å². The summed E-state index contributed by atoms with van der Waals surface area (Å²) >= 11 is 6.23. The van der Waals surface area contributed by atoms with Crippen molar-refractivity contribution < 1.29 is 4.79 Å². The molecule has 0 radical (unpaired) electrons. The van der Waals surface area contributed by atoms with Crippen molar-refractivity contribution in [3.8, 4) is 6.07 Å². The van der Waals surface area contributed by atoms with Crippen molar-refractivity contribution in [1.29, 1.82) is 5.26 Å². The lowest BCUT2D eigenvalue weighted by atomic mass is 9.85. The quantitative estimate of drug-likeness (QED) is 0.736. The van der Waals surface area contributed by atoms with Crippen LogP contribution in [0.3, 0.4) is 0 Å². The Morgan fingerprint density at radius 3 is 2.74 bits per heavy atom. The second-order valence-electron chi connectivity index (χ2n) is 7.25. The number of hydrogen-bond acceptors (Lipinski definition) is 4. The van der Waals surface area contributed by atoms with E-state index in [2.05, 4.69) is 35.5 Å². The van der Waals surface area contributed by atoms with Crippen molar-refractivity contribution in [2.75, 3.05) is 11.9 Å². The Hall–Kier alpha value is -2.58. The topological polar surface area (TPSA) is 77.8 Å². The monoisotopic (exact) mass is 382 g/mol. The van der Waals surface area contributed by atoms with Crippen LogP contribution in [-0.2, 0) is 0 Å². The average molecular weight is 383 g/mol. The third-order valence-electron chi connectivity index (χ3n) is 4.94. The van der Waals surface area contributed by atoms with E-state index in [1.54, 1.807) is 24.4 Å². The number of carbonyl (C=O) groups is 1. The lowest BCUT2D eigenvalue weighted by Gasteiger charge is -2.25. The van der Waals surface area contributed by atoms with Gasteiger partial charge in [0, 0.05) is 12.7 Å². The molecule has 5 nitrogen and oxygen atoms in total. The molecular formula is C21H23ClN4O. The molecule has 1 saturated carbocycles. The largest absolute Gasteiger partial charge is 0.352 e. The van der Waals surface area contributed by atoms with Crippen LogP contribution >= 0.6 is 11.6 Å². The van der Waals surface area contributed by atoms with Crippen molar-refractivity contribution in [3.05, 3.63) is 52.2 Å². The van der Waals surface area contributed by atoms with Crippen LogP contribution in [0.4, 0.5) is 11.5 Å². The zero-order chi connectivity index (χ0) is 19.4. The fourth-order valence-corrected chi connectivity index (χ4v) is 3.29. The minimum atomic E-state index is -0.0685. The Labute approximate surface area is 164 Å². The van der Waals surface area contributed by atoms with Gasteiger partial charge < -0.3 is 10.6 Å². The van der Waals surface area contributed by atoms with E-state index in [0.29, 0.717) is 33.6 Å². The Balaban J connectivity index is 1.78. The summed E-state index contributed by atoms with van der Waals surface area (Å²) in [4.78, 5) is 17.0. The normalized spacial score (nSPS) is 13.7. The molecule has 1 aliphatic carbocycles. The minimum absolute atomic E-state index is 0.0685. The first-order valence-electron chi connectivity index (χ1n) is 9.22. The van der Waals surface area contributed by atoms with E-state index in [-0.39, 0.29) is 11.8 Å². The third-order valence-corrected chi connectivity index (χ3v) is 5.25. The number of carbonyl (C=O) groups excluding carboxylic acids is 1. The molecule has 0 bridgehead atoms. The number of halogens is 1. The van der Waals surface area contributed by atoms with E-state index in [0.717, 1.165) is 12.1 Å². The van der Waals surface area contributed by atoms with Crippen LogP contribution in [0.15, 0.2) is 30.5 Å². The van der Waals surface area contributed by atoms with E-state index < -0.39 is 0 Å². The fourth-order valence-electron chi connectivity index (χ4n) is 3.06. The third kappa shape index (κ3) is 4.58. The number of amides is 1. The van der Waals surface area contributed by atoms with Crippen molar-refractivity contribution >= 4 is 29.0 Å². The molecule has 0 saturated heterocycles. The predicted molar refractivity (Wildman–Crippen MR) is 107 cm³/mol. The average Bonchev–Trinajstić information content (AvgIpc) is 2.61. The SMILES string of the molecule is CC(C)c1cc(Nc2ccc(C#N)cc2Cl)ncc1C(=O)NCC1CCC1. The van der Waals surface area contributed by atoms with Crippen LogP contribution in [0.5, 0.6) is 0 Å². The van der Waals surface area contributed by atoms with Crippen LogP contribution in [0.1, 0.15) is 60.5 Å². The molecule has 1 amide bonds. The predicted octanol–water partition coefficient (Wildman–Crippen LogP) is 5.00. The van der Waals surface area contributed by atoms with Gasteiger partial charge in [-0.25, -0.2) is 4.98 Å². The van der Waals surface area contributed by atoms with Crippen LogP contribution in [0.25, 0.3) is 0 Å². The van der Waals surface area contributed by atoms with Crippen molar-refractivity contribution in [3.63, 3.8) is 0 Å². The molecule has 1 aliphatic rings. The molecule has 0 unspecified atom stereocenters. The molecule has 2 aromatic rings. The number of aromatic nitrogens is 1.